The van der Waals surface area contributed by atoms with Crippen LogP contribution in [0.25, 0.3) is 0 Å². The molecule has 0 spiro atoms. The average molecular weight is 339 g/mol. The maximum Gasteiger partial charge on any atom is 0.344 e. The second-order valence-electron chi connectivity index (χ2n) is 5.63. The van der Waals surface area contributed by atoms with Gasteiger partial charge in [-0.2, -0.15) is 0 Å². The Labute approximate surface area is 145 Å². The van der Waals surface area contributed by atoms with E-state index < -0.39 is 5.97 Å². The monoisotopic (exact) mass is 339 g/mol. The molecule has 0 bridgehead atoms. The van der Waals surface area contributed by atoms with Gasteiger partial charge in [0.15, 0.2) is 6.61 Å². The molecule has 6 nitrogen and oxygen atoms in total. The highest BCUT2D eigenvalue weighted by Crippen LogP contribution is 2.21. The SMILES string of the molecule is Cc1ccc(OCC(=O)OCCN2C(=O)c3ccccc3C2=O)cc1. The first-order valence-electron chi connectivity index (χ1n) is 7.86. The van der Waals surface area contributed by atoms with Crippen molar-refractivity contribution < 1.29 is 23.9 Å². The Morgan fingerprint density at radius 1 is 0.960 bits per heavy atom. The van der Waals surface area contributed by atoms with E-state index in [0.29, 0.717) is 16.9 Å². The largest absolute Gasteiger partial charge is 0.482 e. The van der Waals surface area contributed by atoms with E-state index >= 15 is 0 Å². The molecule has 0 radical (unpaired) electrons. The van der Waals surface area contributed by atoms with E-state index in [9.17, 15) is 14.4 Å². The summed E-state index contributed by atoms with van der Waals surface area (Å²) in [5, 5.41) is 0. The number of nitrogens with zero attached hydrogens (tertiary/aromatic N) is 1. The molecule has 2 aromatic rings. The van der Waals surface area contributed by atoms with Crippen molar-refractivity contribution in [2.75, 3.05) is 19.8 Å². The van der Waals surface area contributed by atoms with Gasteiger partial charge in [-0.1, -0.05) is 29.8 Å². The van der Waals surface area contributed by atoms with Crippen molar-refractivity contribution in [3.8, 4) is 5.75 Å². The van der Waals surface area contributed by atoms with E-state index in [1.54, 1.807) is 36.4 Å². The van der Waals surface area contributed by atoms with Gasteiger partial charge in [0.2, 0.25) is 0 Å². The van der Waals surface area contributed by atoms with Crippen LogP contribution < -0.4 is 4.74 Å². The summed E-state index contributed by atoms with van der Waals surface area (Å²) in [5.41, 5.74) is 1.85. The van der Waals surface area contributed by atoms with Gasteiger partial charge >= 0.3 is 5.97 Å². The molecule has 128 valence electrons. The Morgan fingerprint density at radius 3 is 2.16 bits per heavy atom. The van der Waals surface area contributed by atoms with Gasteiger partial charge in [0.1, 0.15) is 12.4 Å². The lowest BCUT2D eigenvalue weighted by Crippen LogP contribution is -2.33. The number of ether oxygens (including phenoxy) is 2. The minimum atomic E-state index is -0.558. The third kappa shape index (κ3) is 3.68. The topological polar surface area (TPSA) is 72.9 Å². The molecule has 0 unspecified atom stereocenters. The molecule has 0 aromatic heterocycles. The highest BCUT2D eigenvalue weighted by atomic mass is 16.6. The summed E-state index contributed by atoms with van der Waals surface area (Å²) in [5.74, 6) is -0.722. The molecule has 0 atom stereocenters. The van der Waals surface area contributed by atoms with Gasteiger partial charge in [-0.3, -0.25) is 14.5 Å². The highest BCUT2D eigenvalue weighted by Gasteiger charge is 2.34. The molecule has 0 N–H and O–H groups in total. The van der Waals surface area contributed by atoms with Crippen LogP contribution in [0, 0.1) is 6.92 Å². The molecule has 1 aliphatic rings. The summed E-state index contributed by atoms with van der Waals surface area (Å²) in [6.07, 6.45) is 0. The molecule has 0 aliphatic carbocycles. The molecule has 1 aliphatic heterocycles. The van der Waals surface area contributed by atoms with Crippen LogP contribution in [0.2, 0.25) is 0 Å². The molecule has 6 heteroatoms. The summed E-state index contributed by atoms with van der Waals surface area (Å²) in [6, 6.07) is 13.9. The Morgan fingerprint density at radius 2 is 1.56 bits per heavy atom. The third-order valence-corrected chi connectivity index (χ3v) is 3.83. The normalized spacial score (nSPS) is 12.9. The lowest BCUT2D eigenvalue weighted by Gasteiger charge is -2.14. The fourth-order valence-corrected chi connectivity index (χ4v) is 2.51. The maximum atomic E-state index is 12.2. The number of hydrogen-bond donors (Lipinski definition) is 0. The van der Waals surface area contributed by atoms with Crippen molar-refractivity contribution in [1.82, 2.24) is 4.90 Å². The van der Waals surface area contributed by atoms with Gasteiger partial charge < -0.3 is 9.47 Å². The Kier molecular flexibility index (Phi) is 4.79. The molecular formula is C19H17NO5. The fraction of sp³-hybridized carbons (Fsp3) is 0.211. The number of benzene rings is 2. The van der Waals surface area contributed by atoms with Crippen molar-refractivity contribution in [3.63, 3.8) is 0 Å². The second kappa shape index (κ2) is 7.17. The predicted molar refractivity (Wildman–Crippen MR) is 89.4 cm³/mol. The number of rotatable bonds is 6. The van der Waals surface area contributed by atoms with E-state index in [1.807, 2.05) is 19.1 Å². The lowest BCUT2D eigenvalue weighted by atomic mass is 10.1. The smallest absolute Gasteiger partial charge is 0.344 e. The summed E-state index contributed by atoms with van der Waals surface area (Å²) < 4.78 is 10.4. The van der Waals surface area contributed by atoms with Crippen LogP contribution in [0.1, 0.15) is 26.3 Å². The number of aryl methyl sites for hydroxylation is 1. The van der Waals surface area contributed by atoms with Crippen molar-refractivity contribution >= 4 is 17.8 Å². The summed E-state index contributed by atoms with van der Waals surface area (Å²) >= 11 is 0. The van der Waals surface area contributed by atoms with E-state index in [-0.39, 0.29) is 31.6 Å². The van der Waals surface area contributed by atoms with Crippen molar-refractivity contribution in [1.29, 1.82) is 0 Å². The standard InChI is InChI=1S/C19H17NO5/c1-13-6-8-14(9-7-13)25-12-17(21)24-11-10-20-18(22)15-4-2-3-5-16(15)19(20)23/h2-9H,10-12H2,1H3. The van der Waals surface area contributed by atoms with E-state index in [4.69, 9.17) is 9.47 Å². The van der Waals surface area contributed by atoms with Crippen LogP contribution in [-0.2, 0) is 9.53 Å². The number of carbonyl (C=O) groups is 3. The summed E-state index contributed by atoms with van der Waals surface area (Å²) in [7, 11) is 0. The minimum Gasteiger partial charge on any atom is -0.482 e. The molecule has 2 aromatic carbocycles. The zero-order valence-corrected chi connectivity index (χ0v) is 13.7. The Hall–Kier alpha value is -3.15. The maximum absolute atomic E-state index is 12.2. The summed E-state index contributed by atoms with van der Waals surface area (Å²) in [6.45, 7) is 1.67. The van der Waals surface area contributed by atoms with Crippen molar-refractivity contribution in [3.05, 3.63) is 65.2 Å². The van der Waals surface area contributed by atoms with E-state index in [0.717, 1.165) is 10.5 Å². The van der Waals surface area contributed by atoms with Crippen LogP contribution in [0.5, 0.6) is 5.75 Å². The molecule has 25 heavy (non-hydrogen) atoms. The zero-order valence-electron chi connectivity index (χ0n) is 13.7. The number of hydrogen-bond acceptors (Lipinski definition) is 5. The lowest BCUT2D eigenvalue weighted by molar-refractivity contribution is -0.146. The van der Waals surface area contributed by atoms with Gasteiger partial charge in [0.05, 0.1) is 17.7 Å². The average Bonchev–Trinajstić information content (AvgIpc) is 2.86. The quantitative estimate of drug-likeness (QED) is 0.596. The first-order chi connectivity index (χ1) is 12.1. The van der Waals surface area contributed by atoms with Gasteiger partial charge in [0, 0.05) is 0 Å². The fourth-order valence-electron chi connectivity index (χ4n) is 2.51. The Bertz CT molecular complexity index is 778. The van der Waals surface area contributed by atoms with E-state index in [1.165, 1.54) is 0 Å². The third-order valence-electron chi connectivity index (χ3n) is 3.83. The Balaban J connectivity index is 1.45. The minimum absolute atomic E-state index is 0.0165. The zero-order chi connectivity index (χ0) is 17.8. The second-order valence-corrected chi connectivity index (χ2v) is 5.63. The number of fused-ring (bicyclic) bond motifs is 1. The molecule has 2 amide bonds. The number of imide groups is 1. The van der Waals surface area contributed by atoms with Crippen LogP contribution in [0.15, 0.2) is 48.5 Å². The number of esters is 1. The van der Waals surface area contributed by atoms with Crippen LogP contribution >= 0.6 is 0 Å². The van der Waals surface area contributed by atoms with Crippen LogP contribution in [0.4, 0.5) is 0 Å². The molecule has 0 fully saturated rings. The molecule has 0 saturated heterocycles. The van der Waals surface area contributed by atoms with Crippen LogP contribution in [0.3, 0.4) is 0 Å². The van der Waals surface area contributed by atoms with Crippen molar-refractivity contribution in [2.24, 2.45) is 0 Å². The number of carbonyl (C=O) groups excluding carboxylic acids is 3. The molecule has 0 saturated carbocycles. The molecule has 3 rings (SSSR count). The first-order valence-corrected chi connectivity index (χ1v) is 7.86. The molecular weight excluding hydrogens is 322 g/mol. The van der Waals surface area contributed by atoms with Crippen LogP contribution in [-0.4, -0.2) is 42.4 Å². The van der Waals surface area contributed by atoms with Gasteiger partial charge in [-0.05, 0) is 31.2 Å². The van der Waals surface area contributed by atoms with Gasteiger partial charge in [-0.15, -0.1) is 0 Å². The first kappa shape index (κ1) is 16.7. The highest BCUT2D eigenvalue weighted by molar-refractivity contribution is 6.21. The van der Waals surface area contributed by atoms with E-state index in [2.05, 4.69) is 0 Å². The molecule has 1 heterocycles. The van der Waals surface area contributed by atoms with Gasteiger partial charge in [0.25, 0.3) is 11.8 Å². The summed E-state index contributed by atoms with van der Waals surface area (Å²) in [4.78, 5) is 37.1. The van der Waals surface area contributed by atoms with Crippen molar-refractivity contribution in [2.45, 2.75) is 6.92 Å². The number of amides is 2. The van der Waals surface area contributed by atoms with Gasteiger partial charge in [-0.25, -0.2) is 4.79 Å². The predicted octanol–water partition coefficient (Wildman–Crippen LogP) is 2.21.